The van der Waals surface area contributed by atoms with Gasteiger partial charge in [-0.3, -0.25) is 14.4 Å². The summed E-state index contributed by atoms with van der Waals surface area (Å²) in [5.41, 5.74) is 0. The number of carbonyl (C=O) groups is 3. The van der Waals surface area contributed by atoms with Gasteiger partial charge in [0.2, 0.25) is 0 Å². The van der Waals surface area contributed by atoms with Gasteiger partial charge in [0.1, 0.15) is 13.2 Å². The largest absolute Gasteiger partial charge is 0.462 e. The smallest absolute Gasteiger partial charge is 0.306 e. The maximum absolute atomic E-state index is 12.9. The molecule has 0 radical (unpaired) electrons. The first kappa shape index (κ1) is 64.6. The van der Waals surface area contributed by atoms with Crippen LogP contribution in [0.15, 0.2) is 36.5 Å². The van der Waals surface area contributed by atoms with Crippen LogP contribution in [0.3, 0.4) is 0 Å². The summed E-state index contributed by atoms with van der Waals surface area (Å²) in [5, 5.41) is 0. The van der Waals surface area contributed by atoms with Gasteiger partial charge in [-0.1, -0.05) is 282 Å². The molecule has 1 atom stereocenters. The highest BCUT2D eigenvalue weighted by molar-refractivity contribution is 5.71. The zero-order valence-electron chi connectivity index (χ0n) is 44.9. The summed E-state index contributed by atoms with van der Waals surface area (Å²) in [7, 11) is 0. The molecule has 0 aliphatic rings. The fraction of sp³-hybridized carbons (Fsp3) is 0.852. The van der Waals surface area contributed by atoms with Crippen LogP contribution in [0.25, 0.3) is 0 Å². The standard InChI is InChI=1S/C61H112O6/c1-4-7-10-13-16-19-22-25-27-29-30-31-32-34-36-39-42-45-48-51-54-60(63)66-57-58(56-65-59(62)53-50-47-44-41-38-35-24-21-18-15-12-9-6-3)67-61(64)55-52-49-46-43-40-37-33-28-26-23-20-17-14-11-8-5-2/h9,12,18,21,35,38,58H,4-8,10-11,13-17,19-20,22-34,36-37,39-57H2,1-3H3/b12-9-,21-18-,38-35-. The molecule has 67 heavy (non-hydrogen) atoms. The van der Waals surface area contributed by atoms with Crippen LogP contribution >= 0.6 is 0 Å². The van der Waals surface area contributed by atoms with Crippen molar-refractivity contribution in [2.24, 2.45) is 0 Å². The van der Waals surface area contributed by atoms with E-state index in [1.54, 1.807) is 0 Å². The van der Waals surface area contributed by atoms with Crippen LogP contribution in [0.5, 0.6) is 0 Å². The maximum Gasteiger partial charge on any atom is 0.306 e. The fourth-order valence-electron chi connectivity index (χ4n) is 8.75. The number of ether oxygens (including phenoxy) is 3. The Morgan fingerprint density at radius 3 is 0.910 bits per heavy atom. The first-order valence-electron chi connectivity index (χ1n) is 29.5. The number of hydrogen-bond acceptors (Lipinski definition) is 6. The molecule has 6 nitrogen and oxygen atoms in total. The third-order valence-corrected chi connectivity index (χ3v) is 13.2. The van der Waals surface area contributed by atoms with Crippen molar-refractivity contribution in [2.75, 3.05) is 13.2 Å². The highest BCUT2D eigenvalue weighted by Crippen LogP contribution is 2.17. The van der Waals surface area contributed by atoms with Crippen LogP contribution < -0.4 is 0 Å². The summed E-state index contributed by atoms with van der Waals surface area (Å²) in [5.74, 6) is -0.887. The molecule has 0 rings (SSSR count). The van der Waals surface area contributed by atoms with Crippen molar-refractivity contribution in [3.05, 3.63) is 36.5 Å². The lowest BCUT2D eigenvalue weighted by atomic mass is 10.0. The molecule has 0 aromatic rings. The van der Waals surface area contributed by atoms with E-state index in [-0.39, 0.29) is 31.1 Å². The topological polar surface area (TPSA) is 78.9 Å². The molecule has 0 N–H and O–H groups in total. The molecular formula is C61H112O6. The molecule has 1 unspecified atom stereocenters. The van der Waals surface area contributed by atoms with Crippen molar-refractivity contribution >= 4 is 17.9 Å². The van der Waals surface area contributed by atoms with Crippen molar-refractivity contribution in [3.8, 4) is 0 Å². The van der Waals surface area contributed by atoms with E-state index in [0.717, 1.165) is 83.5 Å². The summed E-state index contributed by atoms with van der Waals surface area (Å²) >= 11 is 0. The van der Waals surface area contributed by atoms with Gasteiger partial charge >= 0.3 is 17.9 Å². The lowest BCUT2D eigenvalue weighted by molar-refractivity contribution is -0.167. The minimum absolute atomic E-state index is 0.0764. The highest BCUT2D eigenvalue weighted by atomic mass is 16.6. The van der Waals surface area contributed by atoms with E-state index >= 15 is 0 Å². The van der Waals surface area contributed by atoms with Gasteiger partial charge in [-0.25, -0.2) is 0 Å². The minimum atomic E-state index is -0.779. The number of rotatable bonds is 54. The van der Waals surface area contributed by atoms with E-state index in [1.165, 1.54) is 193 Å². The normalized spacial score (nSPS) is 12.2. The molecular weight excluding hydrogens is 829 g/mol. The Hall–Kier alpha value is -2.37. The summed E-state index contributed by atoms with van der Waals surface area (Å²) < 4.78 is 16.9. The molecule has 0 aliphatic heterocycles. The molecule has 0 fully saturated rings. The zero-order valence-corrected chi connectivity index (χ0v) is 44.9. The molecule has 0 saturated heterocycles. The molecule has 0 saturated carbocycles. The maximum atomic E-state index is 12.9. The number of hydrogen-bond donors (Lipinski definition) is 0. The predicted octanol–water partition coefficient (Wildman–Crippen LogP) is 19.7. The van der Waals surface area contributed by atoms with Gasteiger partial charge in [0.05, 0.1) is 0 Å². The van der Waals surface area contributed by atoms with Crippen molar-refractivity contribution in [2.45, 2.75) is 322 Å². The van der Waals surface area contributed by atoms with E-state index in [4.69, 9.17) is 14.2 Å². The van der Waals surface area contributed by atoms with Crippen LogP contribution in [0.2, 0.25) is 0 Å². The van der Waals surface area contributed by atoms with Crippen molar-refractivity contribution in [1.82, 2.24) is 0 Å². The van der Waals surface area contributed by atoms with Crippen molar-refractivity contribution in [3.63, 3.8) is 0 Å². The predicted molar refractivity (Wildman–Crippen MR) is 289 cm³/mol. The molecule has 0 heterocycles. The van der Waals surface area contributed by atoms with Gasteiger partial charge in [0.25, 0.3) is 0 Å². The number of unbranched alkanes of at least 4 members (excludes halogenated alkanes) is 37. The van der Waals surface area contributed by atoms with E-state index in [0.29, 0.717) is 19.3 Å². The summed E-state index contributed by atoms with van der Waals surface area (Å²) in [6, 6.07) is 0. The average Bonchev–Trinajstić information content (AvgIpc) is 3.33. The Balaban J connectivity index is 4.31. The number of allylic oxidation sites excluding steroid dienone is 6. The van der Waals surface area contributed by atoms with Crippen molar-refractivity contribution in [1.29, 1.82) is 0 Å². The fourth-order valence-corrected chi connectivity index (χ4v) is 8.75. The monoisotopic (exact) mass is 941 g/mol. The summed E-state index contributed by atoms with van der Waals surface area (Å²) in [6.07, 6.45) is 67.2. The first-order chi connectivity index (χ1) is 33.0. The second-order valence-corrected chi connectivity index (χ2v) is 19.9. The Morgan fingerprint density at radius 2 is 0.582 bits per heavy atom. The molecule has 0 aromatic heterocycles. The molecule has 0 aliphatic carbocycles. The van der Waals surface area contributed by atoms with Gasteiger partial charge in [-0.05, 0) is 51.4 Å². The summed E-state index contributed by atoms with van der Waals surface area (Å²) in [4.78, 5) is 38.1. The second kappa shape index (κ2) is 56.2. The highest BCUT2D eigenvalue weighted by Gasteiger charge is 2.19. The van der Waals surface area contributed by atoms with E-state index in [2.05, 4.69) is 57.2 Å². The molecule has 0 amide bonds. The molecule has 0 bridgehead atoms. The zero-order chi connectivity index (χ0) is 48.6. The minimum Gasteiger partial charge on any atom is -0.462 e. The van der Waals surface area contributed by atoms with Crippen molar-refractivity contribution < 1.29 is 28.6 Å². The van der Waals surface area contributed by atoms with Crippen LogP contribution in [-0.4, -0.2) is 37.2 Å². The molecule has 6 heteroatoms. The van der Waals surface area contributed by atoms with Gasteiger partial charge in [0.15, 0.2) is 6.10 Å². The third kappa shape index (κ3) is 54.4. The van der Waals surface area contributed by atoms with Gasteiger partial charge in [-0.2, -0.15) is 0 Å². The van der Waals surface area contributed by atoms with E-state index in [1.807, 2.05) is 0 Å². The third-order valence-electron chi connectivity index (χ3n) is 13.2. The quantitative estimate of drug-likeness (QED) is 0.0262. The van der Waals surface area contributed by atoms with Crippen LogP contribution in [0.4, 0.5) is 0 Å². The van der Waals surface area contributed by atoms with Gasteiger partial charge in [0, 0.05) is 19.3 Å². The van der Waals surface area contributed by atoms with Crippen LogP contribution in [0, 0.1) is 0 Å². The Kier molecular flexibility index (Phi) is 54.2. The van der Waals surface area contributed by atoms with Crippen LogP contribution in [-0.2, 0) is 28.6 Å². The van der Waals surface area contributed by atoms with Crippen LogP contribution in [0.1, 0.15) is 316 Å². The van der Waals surface area contributed by atoms with E-state index < -0.39 is 6.10 Å². The Morgan fingerprint density at radius 1 is 0.313 bits per heavy atom. The molecule has 0 spiro atoms. The Bertz CT molecular complexity index is 1130. The Labute approximate surface area is 416 Å². The SMILES string of the molecule is CC/C=C\C/C=C\C/C=C\CCCCCC(=O)OCC(COC(=O)CCCCCCCCCCCCCCCCCCCCCC)OC(=O)CCCCCCCCCCCCCCCCCC. The molecule has 0 aromatic carbocycles. The second-order valence-electron chi connectivity index (χ2n) is 19.9. The lowest BCUT2D eigenvalue weighted by Gasteiger charge is -2.18. The van der Waals surface area contributed by atoms with E-state index in [9.17, 15) is 14.4 Å². The molecule has 392 valence electrons. The summed E-state index contributed by atoms with van der Waals surface area (Å²) in [6.45, 7) is 6.55. The van der Waals surface area contributed by atoms with Gasteiger partial charge in [-0.15, -0.1) is 0 Å². The average molecular weight is 942 g/mol. The number of esters is 3. The first-order valence-corrected chi connectivity index (χ1v) is 29.5. The number of carbonyl (C=O) groups excluding carboxylic acids is 3. The lowest BCUT2D eigenvalue weighted by Crippen LogP contribution is -2.30. The van der Waals surface area contributed by atoms with Gasteiger partial charge < -0.3 is 14.2 Å².